The van der Waals surface area contributed by atoms with Gasteiger partial charge in [0.2, 0.25) is 5.91 Å². The zero-order valence-electron chi connectivity index (χ0n) is 15.9. The average molecular weight is 360 g/mol. The van der Waals surface area contributed by atoms with Crippen LogP contribution in [0.1, 0.15) is 37.0 Å². The van der Waals surface area contributed by atoms with Crippen LogP contribution < -0.4 is 4.74 Å². The Balaban J connectivity index is 1.56. The fraction of sp³-hybridized carbons (Fsp3) is 0.600. The Labute approximate surface area is 155 Å². The van der Waals surface area contributed by atoms with Gasteiger partial charge in [-0.2, -0.15) is 0 Å². The zero-order chi connectivity index (χ0) is 18.7. The summed E-state index contributed by atoms with van der Waals surface area (Å²) in [4.78, 5) is 29.2. The van der Waals surface area contributed by atoms with E-state index in [0.29, 0.717) is 44.1 Å². The Kier molecular flexibility index (Phi) is 5.51. The van der Waals surface area contributed by atoms with Crippen molar-refractivity contribution in [1.29, 1.82) is 0 Å². The molecule has 142 valence electrons. The first-order valence-corrected chi connectivity index (χ1v) is 9.26. The largest absolute Gasteiger partial charge is 0.497 e. The summed E-state index contributed by atoms with van der Waals surface area (Å²) in [7, 11) is 1.59. The second-order valence-electron chi connectivity index (χ2n) is 7.65. The van der Waals surface area contributed by atoms with Crippen LogP contribution in [0.3, 0.4) is 0 Å². The maximum atomic E-state index is 12.8. The number of ether oxygens (including phenoxy) is 2. The molecule has 2 fully saturated rings. The van der Waals surface area contributed by atoms with Crippen LogP contribution in [-0.4, -0.2) is 67.1 Å². The molecule has 2 heterocycles. The van der Waals surface area contributed by atoms with Crippen LogP contribution in [0.4, 0.5) is 0 Å². The fourth-order valence-electron chi connectivity index (χ4n) is 3.77. The van der Waals surface area contributed by atoms with E-state index in [0.717, 1.165) is 12.8 Å². The van der Waals surface area contributed by atoms with Crippen molar-refractivity contribution in [2.24, 2.45) is 5.92 Å². The van der Waals surface area contributed by atoms with Gasteiger partial charge in [-0.15, -0.1) is 0 Å². The molecule has 1 atom stereocenters. The Bertz CT molecular complexity index is 666. The number of carbonyl (C=O) groups is 2. The van der Waals surface area contributed by atoms with E-state index in [4.69, 9.17) is 9.47 Å². The number of nitrogens with zero attached hydrogens (tertiary/aromatic N) is 2. The van der Waals surface area contributed by atoms with Gasteiger partial charge in [0.15, 0.2) is 0 Å². The van der Waals surface area contributed by atoms with Gasteiger partial charge < -0.3 is 19.3 Å². The second-order valence-corrected chi connectivity index (χ2v) is 7.65. The molecular weight excluding hydrogens is 332 g/mol. The molecule has 6 nitrogen and oxygen atoms in total. The molecule has 0 aromatic heterocycles. The number of carbonyl (C=O) groups excluding carboxylic acids is 2. The molecule has 2 saturated heterocycles. The van der Waals surface area contributed by atoms with Gasteiger partial charge in [0.1, 0.15) is 5.75 Å². The molecule has 0 spiro atoms. The molecule has 3 rings (SSSR count). The number of hydrogen-bond acceptors (Lipinski definition) is 4. The number of amides is 2. The molecule has 0 aliphatic carbocycles. The molecule has 2 aliphatic heterocycles. The Morgan fingerprint density at radius 1 is 1.15 bits per heavy atom. The molecule has 0 radical (unpaired) electrons. The molecule has 1 aromatic rings. The fourth-order valence-corrected chi connectivity index (χ4v) is 3.77. The minimum atomic E-state index is -0.233. The molecule has 2 aliphatic rings. The predicted molar refractivity (Wildman–Crippen MR) is 98.2 cm³/mol. The smallest absolute Gasteiger partial charge is 0.254 e. The van der Waals surface area contributed by atoms with Gasteiger partial charge >= 0.3 is 0 Å². The Morgan fingerprint density at radius 2 is 1.85 bits per heavy atom. The van der Waals surface area contributed by atoms with E-state index in [9.17, 15) is 9.59 Å². The molecule has 0 unspecified atom stereocenters. The summed E-state index contributed by atoms with van der Waals surface area (Å²) in [6.45, 7) is 7.02. The van der Waals surface area contributed by atoms with Gasteiger partial charge in [0.25, 0.3) is 5.91 Å². The first-order valence-electron chi connectivity index (χ1n) is 9.26. The summed E-state index contributed by atoms with van der Waals surface area (Å²) < 4.78 is 10.9. The van der Waals surface area contributed by atoms with Gasteiger partial charge in [-0.3, -0.25) is 9.59 Å². The molecule has 0 bridgehead atoms. The summed E-state index contributed by atoms with van der Waals surface area (Å²) in [6, 6.07) is 7.19. The van der Waals surface area contributed by atoms with Crippen molar-refractivity contribution in [3.8, 4) is 5.75 Å². The lowest BCUT2D eigenvalue weighted by Gasteiger charge is -2.40. The molecule has 0 saturated carbocycles. The van der Waals surface area contributed by atoms with Crippen molar-refractivity contribution >= 4 is 11.8 Å². The monoisotopic (exact) mass is 360 g/mol. The lowest BCUT2D eigenvalue weighted by Crippen LogP contribution is -2.53. The third kappa shape index (κ3) is 4.18. The van der Waals surface area contributed by atoms with E-state index < -0.39 is 0 Å². The molecule has 6 heteroatoms. The van der Waals surface area contributed by atoms with Crippen molar-refractivity contribution in [3.63, 3.8) is 0 Å². The van der Waals surface area contributed by atoms with Crippen LogP contribution in [0.2, 0.25) is 0 Å². The highest BCUT2D eigenvalue weighted by atomic mass is 16.5. The minimum absolute atomic E-state index is 0.0109. The summed E-state index contributed by atoms with van der Waals surface area (Å²) >= 11 is 0. The normalized spacial score (nSPS) is 22.8. The van der Waals surface area contributed by atoms with Crippen molar-refractivity contribution in [2.75, 3.05) is 39.9 Å². The van der Waals surface area contributed by atoms with Crippen LogP contribution in [0.5, 0.6) is 5.75 Å². The van der Waals surface area contributed by atoms with E-state index in [-0.39, 0.29) is 23.3 Å². The lowest BCUT2D eigenvalue weighted by atomic mass is 9.87. The van der Waals surface area contributed by atoms with E-state index in [1.165, 1.54) is 0 Å². The topological polar surface area (TPSA) is 59.1 Å². The summed E-state index contributed by atoms with van der Waals surface area (Å²) in [6.07, 6.45) is 1.54. The van der Waals surface area contributed by atoms with Crippen LogP contribution >= 0.6 is 0 Å². The molecular formula is C20H28N2O4. The highest BCUT2D eigenvalue weighted by Gasteiger charge is 2.36. The van der Waals surface area contributed by atoms with Gasteiger partial charge in [-0.1, -0.05) is 6.07 Å². The van der Waals surface area contributed by atoms with Crippen molar-refractivity contribution in [1.82, 2.24) is 9.80 Å². The number of hydrogen-bond donors (Lipinski definition) is 0. The van der Waals surface area contributed by atoms with Crippen molar-refractivity contribution in [3.05, 3.63) is 29.8 Å². The summed E-state index contributed by atoms with van der Waals surface area (Å²) in [5.41, 5.74) is 0.387. The maximum absolute atomic E-state index is 12.8. The third-order valence-corrected chi connectivity index (χ3v) is 5.24. The van der Waals surface area contributed by atoms with E-state index in [1.54, 1.807) is 19.2 Å². The van der Waals surface area contributed by atoms with Crippen LogP contribution in [0, 0.1) is 5.92 Å². The Hall–Kier alpha value is -2.08. The zero-order valence-corrected chi connectivity index (χ0v) is 15.9. The summed E-state index contributed by atoms with van der Waals surface area (Å²) in [5, 5.41) is 0. The van der Waals surface area contributed by atoms with E-state index in [1.807, 2.05) is 35.8 Å². The predicted octanol–water partition coefficient (Wildman–Crippen LogP) is 2.18. The number of rotatable bonds is 3. The molecule has 0 N–H and O–H groups in total. The quantitative estimate of drug-likeness (QED) is 0.829. The highest BCUT2D eigenvalue weighted by molar-refractivity contribution is 5.94. The van der Waals surface area contributed by atoms with E-state index in [2.05, 4.69) is 0 Å². The lowest BCUT2D eigenvalue weighted by molar-refractivity contribution is -0.146. The van der Waals surface area contributed by atoms with Gasteiger partial charge in [-0.05, 0) is 44.9 Å². The van der Waals surface area contributed by atoms with Crippen LogP contribution in [0.15, 0.2) is 24.3 Å². The SMILES string of the molecule is COc1cccc(C(=O)N2CCN(C(=O)[C@H]3CCOC(C)(C)C3)CC2)c1. The van der Waals surface area contributed by atoms with Crippen molar-refractivity contribution < 1.29 is 19.1 Å². The highest BCUT2D eigenvalue weighted by Crippen LogP contribution is 2.30. The summed E-state index contributed by atoms with van der Waals surface area (Å²) in [5.74, 6) is 0.893. The van der Waals surface area contributed by atoms with E-state index >= 15 is 0 Å². The van der Waals surface area contributed by atoms with Crippen LogP contribution in [0.25, 0.3) is 0 Å². The average Bonchev–Trinajstić information content (AvgIpc) is 2.66. The maximum Gasteiger partial charge on any atom is 0.254 e. The number of methoxy groups -OCH3 is 1. The second kappa shape index (κ2) is 7.66. The number of piperazine rings is 1. The first kappa shape index (κ1) is 18.7. The van der Waals surface area contributed by atoms with Crippen LogP contribution in [-0.2, 0) is 9.53 Å². The molecule has 1 aromatic carbocycles. The van der Waals surface area contributed by atoms with Gasteiger partial charge in [0, 0.05) is 44.3 Å². The third-order valence-electron chi connectivity index (χ3n) is 5.24. The standard InChI is InChI=1S/C20H28N2O4/c1-20(2)14-16(7-12-26-20)19(24)22-10-8-21(9-11-22)18(23)15-5-4-6-17(13-15)25-3/h4-6,13,16H,7-12,14H2,1-3H3/t16-/m0/s1. The molecule has 2 amide bonds. The first-order chi connectivity index (χ1) is 12.4. The minimum Gasteiger partial charge on any atom is -0.497 e. The molecule has 26 heavy (non-hydrogen) atoms. The van der Waals surface area contributed by atoms with Gasteiger partial charge in [0.05, 0.1) is 12.7 Å². The van der Waals surface area contributed by atoms with Gasteiger partial charge in [-0.25, -0.2) is 0 Å². The number of benzene rings is 1. The Morgan fingerprint density at radius 3 is 2.50 bits per heavy atom. The van der Waals surface area contributed by atoms with Crippen molar-refractivity contribution in [2.45, 2.75) is 32.3 Å².